The van der Waals surface area contributed by atoms with Gasteiger partial charge in [-0.1, -0.05) is 12.1 Å². The third-order valence-electron chi connectivity index (χ3n) is 2.10. The molecule has 4 nitrogen and oxygen atoms in total. The number of para-hydroxylation sites is 1. The van der Waals surface area contributed by atoms with Crippen molar-refractivity contribution in [2.45, 2.75) is 6.42 Å². The van der Waals surface area contributed by atoms with Crippen molar-refractivity contribution < 1.29 is 9.90 Å². The molecule has 1 N–H and O–H groups in total. The summed E-state index contributed by atoms with van der Waals surface area (Å²) < 4.78 is 0. The predicted molar refractivity (Wildman–Crippen MR) is 56.9 cm³/mol. The number of nitrogens with zero attached hydrogens (tertiary/aromatic N) is 2. The number of hydrogen-bond acceptors (Lipinski definition) is 3. The molecule has 0 bridgehead atoms. The van der Waals surface area contributed by atoms with Crippen LogP contribution in [0, 0.1) is 11.3 Å². The molecule has 4 heteroatoms. The van der Waals surface area contributed by atoms with Crippen molar-refractivity contribution in [3.8, 4) is 6.07 Å². The first-order chi connectivity index (χ1) is 7.16. The molecule has 0 unspecified atom stereocenters. The summed E-state index contributed by atoms with van der Waals surface area (Å²) in [6.07, 6.45) is 0.379. The first-order valence-corrected chi connectivity index (χ1v) is 4.57. The van der Waals surface area contributed by atoms with Gasteiger partial charge in [0.1, 0.15) is 0 Å². The molecule has 0 aliphatic rings. The third-order valence-corrected chi connectivity index (χ3v) is 2.10. The number of carboxylic acid groups (broad SMARTS) is 1. The molecular formula is C11H12N2O2. The summed E-state index contributed by atoms with van der Waals surface area (Å²) in [5, 5.41) is 17.4. The van der Waals surface area contributed by atoms with Crippen molar-refractivity contribution in [2.24, 2.45) is 0 Å². The quantitative estimate of drug-likeness (QED) is 0.811. The molecule has 78 valence electrons. The normalized spacial score (nSPS) is 9.33. The van der Waals surface area contributed by atoms with Crippen molar-refractivity contribution in [1.82, 2.24) is 0 Å². The molecule has 1 aromatic rings. The van der Waals surface area contributed by atoms with Crippen LogP contribution in [0.25, 0.3) is 0 Å². The molecule has 0 amide bonds. The van der Waals surface area contributed by atoms with Gasteiger partial charge in [0.25, 0.3) is 0 Å². The maximum Gasteiger partial charge on any atom is 0.337 e. The lowest BCUT2D eigenvalue weighted by atomic mass is 10.1. The van der Waals surface area contributed by atoms with E-state index in [1.165, 1.54) is 0 Å². The molecule has 0 fully saturated rings. The molecule has 1 rings (SSSR count). The number of hydrogen-bond donors (Lipinski definition) is 1. The van der Waals surface area contributed by atoms with Gasteiger partial charge >= 0.3 is 5.97 Å². The summed E-state index contributed by atoms with van der Waals surface area (Å²) in [6, 6.07) is 8.79. The highest BCUT2D eigenvalue weighted by atomic mass is 16.4. The Bertz CT molecular complexity index is 396. The van der Waals surface area contributed by atoms with Gasteiger partial charge in [-0.05, 0) is 12.1 Å². The Balaban J connectivity index is 2.93. The fourth-order valence-electron chi connectivity index (χ4n) is 1.33. The van der Waals surface area contributed by atoms with E-state index in [-0.39, 0.29) is 5.56 Å². The number of benzene rings is 1. The van der Waals surface area contributed by atoms with Crippen LogP contribution in [0.5, 0.6) is 0 Å². The molecule has 1 aromatic carbocycles. The van der Waals surface area contributed by atoms with E-state index in [4.69, 9.17) is 10.4 Å². The predicted octanol–water partition coefficient (Wildman–Crippen LogP) is 1.73. The van der Waals surface area contributed by atoms with Gasteiger partial charge in [-0.25, -0.2) is 4.79 Å². The van der Waals surface area contributed by atoms with Crippen molar-refractivity contribution >= 4 is 11.7 Å². The van der Waals surface area contributed by atoms with E-state index in [0.29, 0.717) is 18.7 Å². The summed E-state index contributed by atoms with van der Waals surface area (Å²) in [4.78, 5) is 12.7. The van der Waals surface area contributed by atoms with Crippen LogP contribution in [-0.4, -0.2) is 24.7 Å². The van der Waals surface area contributed by atoms with Crippen molar-refractivity contribution in [3.63, 3.8) is 0 Å². The van der Waals surface area contributed by atoms with Gasteiger partial charge in [0, 0.05) is 13.6 Å². The molecule has 0 saturated carbocycles. The Morgan fingerprint density at radius 1 is 1.53 bits per heavy atom. The lowest BCUT2D eigenvalue weighted by Crippen LogP contribution is -2.20. The number of anilines is 1. The second-order valence-electron chi connectivity index (χ2n) is 3.15. The topological polar surface area (TPSA) is 64.3 Å². The van der Waals surface area contributed by atoms with Gasteiger partial charge in [0.15, 0.2) is 0 Å². The smallest absolute Gasteiger partial charge is 0.337 e. The first-order valence-electron chi connectivity index (χ1n) is 4.57. The van der Waals surface area contributed by atoms with E-state index in [9.17, 15) is 4.79 Å². The number of aromatic carboxylic acids is 1. The molecular weight excluding hydrogens is 192 g/mol. The molecule has 0 spiro atoms. The standard InChI is InChI=1S/C11H12N2O2/c1-13(8-4-7-12)10-6-3-2-5-9(10)11(14)15/h2-3,5-6H,4,8H2,1H3,(H,14,15). The summed E-state index contributed by atoms with van der Waals surface area (Å²) >= 11 is 0. The van der Waals surface area contributed by atoms with Gasteiger partial charge in [0.05, 0.1) is 23.7 Å². The maximum absolute atomic E-state index is 10.9. The average molecular weight is 204 g/mol. The van der Waals surface area contributed by atoms with Gasteiger partial charge in [-0.3, -0.25) is 0 Å². The van der Waals surface area contributed by atoms with Crippen molar-refractivity contribution in [3.05, 3.63) is 29.8 Å². The SMILES string of the molecule is CN(CCC#N)c1ccccc1C(=O)O. The highest BCUT2D eigenvalue weighted by Gasteiger charge is 2.11. The zero-order valence-corrected chi connectivity index (χ0v) is 8.47. The minimum Gasteiger partial charge on any atom is -0.478 e. The summed E-state index contributed by atoms with van der Waals surface area (Å²) in [7, 11) is 1.78. The number of carboxylic acids is 1. The van der Waals surface area contributed by atoms with Crippen molar-refractivity contribution in [2.75, 3.05) is 18.5 Å². The first kappa shape index (κ1) is 11.1. The van der Waals surface area contributed by atoms with E-state index >= 15 is 0 Å². The van der Waals surface area contributed by atoms with Crippen LogP contribution in [-0.2, 0) is 0 Å². The summed E-state index contributed by atoms with van der Waals surface area (Å²) in [5.74, 6) is -0.950. The van der Waals surface area contributed by atoms with Gasteiger partial charge in [-0.2, -0.15) is 5.26 Å². The van der Waals surface area contributed by atoms with E-state index < -0.39 is 5.97 Å². The Kier molecular flexibility index (Phi) is 3.69. The maximum atomic E-state index is 10.9. The monoisotopic (exact) mass is 204 g/mol. The molecule has 0 aliphatic heterocycles. The summed E-state index contributed by atoms with van der Waals surface area (Å²) in [5.41, 5.74) is 0.901. The van der Waals surface area contributed by atoms with Crippen LogP contribution < -0.4 is 4.90 Å². The third kappa shape index (κ3) is 2.71. The van der Waals surface area contributed by atoms with Crippen LogP contribution in [0.15, 0.2) is 24.3 Å². The Labute approximate surface area is 88.4 Å². The molecule has 0 heterocycles. The minimum atomic E-state index is -0.950. The number of nitriles is 1. The highest BCUT2D eigenvalue weighted by molar-refractivity contribution is 5.94. The number of rotatable bonds is 4. The largest absolute Gasteiger partial charge is 0.478 e. The van der Waals surface area contributed by atoms with Crippen LogP contribution >= 0.6 is 0 Å². The Morgan fingerprint density at radius 2 is 2.20 bits per heavy atom. The second-order valence-corrected chi connectivity index (χ2v) is 3.15. The zero-order chi connectivity index (χ0) is 11.3. The van der Waals surface area contributed by atoms with Gasteiger partial charge < -0.3 is 10.0 Å². The van der Waals surface area contributed by atoms with E-state index in [2.05, 4.69) is 0 Å². The van der Waals surface area contributed by atoms with Crippen LogP contribution in [0.1, 0.15) is 16.8 Å². The fraction of sp³-hybridized carbons (Fsp3) is 0.273. The molecule has 0 aliphatic carbocycles. The van der Waals surface area contributed by atoms with Gasteiger partial charge in [0.2, 0.25) is 0 Å². The minimum absolute atomic E-state index is 0.262. The Morgan fingerprint density at radius 3 is 2.80 bits per heavy atom. The lowest BCUT2D eigenvalue weighted by molar-refractivity contribution is 0.0697. The molecule has 15 heavy (non-hydrogen) atoms. The number of carbonyl (C=O) groups is 1. The lowest BCUT2D eigenvalue weighted by Gasteiger charge is -2.19. The molecule has 0 atom stereocenters. The van der Waals surface area contributed by atoms with Crippen LogP contribution in [0.2, 0.25) is 0 Å². The molecule has 0 saturated heterocycles. The average Bonchev–Trinajstić information content (AvgIpc) is 2.25. The Hall–Kier alpha value is -2.02. The second kappa shape index (κ2) is 5.01. The van der Waals surface area contributed by atoms with Crippen LogP contribution in [0.4, 0.5) is 5.69 Å². The summed E-state index contributed by atoms with van der Waals surface area (Å²) in [6.45, 7) is 0.529. The van der Waals surface area contributed by atoms with E-state index in [1.54, 1.807) is 36.2 Å². The molecule has 0 aromatic heterocycles. The zero-order valence-electron chi connectivity index (χ0n) is 8.47. The van der Waals surface area contributed by atoms with Crippen molar-refractivity contribution in [1.29, 1.82) is 5.26 Å². The highest BCUT2D eigenvalue weighted by Crippen LogP contribution is 2.18. The van der Waals surface area contributed by atoms with Gasteiger partial charge in [-0.15, -0.1) is 0 Å². The van der Waals surface area contributed by atoms with E-state index in [1.807, 2.05) is 6.07 Å². The van der Waals surface area contributed by atoms with E-state index in [0.717, 1.165) is 0 Å². The fourth-order valence-corrected chi connectivity index (χ4v) is 1.33. The molecule has 0 radical (unpaired) electrons. The van der Waals surface area contributed by atoms with Crippen LogP contribution in [0.3, 0.4) is 0 Å².